The van der Waals surface area contributed by atoms with Crippen LogP contribution in [0.4, 0.5) is 5.69 Å². The van der Waals surface area contributed by atoms with Crippen molar-refractivity contribution in [2.75, 3.05) is 11.9 Å². The maximum absolute atomic E-state index is 12.5. The standard InChI is InChI=1S/C19H18N2O4/c22-17(23)5-2-12-25-15-8-6-14(7-9-15)21-19(24)16-4-1-3-13-10-11-20-18(13)16/h1,3-4,6-11,20H,2,5,12H2,(H,21,24)(H,22,23). The van der Waals surface area contributed by atoms with Gasteiger partial charge in [0.15, 0.2) is 0 Å². The van der Waals surface area contributed by atoms with Gasteiger partial charge in [-0.15, -0.1) is 0 Å². The molecular formula is C19H18N2O4. The van der Waals surface area contributed by atoms with Gasteiger partial charge in [0.05, 0.1) is 17.7 Å². The van der Waals surface area contributed by atoms with E-state index in [4.69, 9.17) is 9.84 Å². The first-order valence-electron chi connectivity index (χ1n) is 7.95. The molecule has 0 spiro atoms. The number of para-hydroxylation sites is 1. The van der Waals surface area contributed by atoms with Crippen LogP contribution in [-0.2, 0) is 4.79 Å². The summed E-state index contributed by atoms with van der Waals surface area (Å²) in [5.74, 6) is -0.392. The molecule has 6 heteroatoms. The lowest BCUT2D eigenvalue weighted by molar-refractivity contribution is -0.137. The van der Waals surface area contributed by atoms with Crippen LogP contribution >= 0.6 is 0 Å². The molecule has 25 heavy (non-hydrogen) atoms. The SMILES string of the molecule is O=C(O)CCCOc1ccc(NC(=O)c2cccc3cc[nH]c23)cc1. The molecule has 0 fully saturated rings. The number of aromatic nitrogens is 1. The number of rotatable bonds is 7. The van der Waals surface area contributed by atoms with Crippen LogP contribution < -0.4 is 10.1 Å². The van der Waals surface area contributed by atoms with E-state index >= 15 is 0 Å². The molecule has 3 N–H and O–H groups in total. The molecule has 0 aliphatic carbocycles. The summed E-state index contributed by atoms with van der Waals surface area (Å²) in [6.45, 7) is 0.340. The summed E-state index contributed by atoms with van der Waals surface area (Å²) in [6, 6.07) is 14.5. The molecule has 0 bridgehead atoms. The summed E-state index contributed by atoms with van der Waals surface area (Å²) < 4.78 is 5.47. The van der Waals surface area contributed by atoms with Crippen LogP contribution in [0.5, 0.6) is 5.75 Å². The number of benzene rings is 2. The molecule has 3 aromatic rings. The van der Waals surface area contributed by atoms with Crippen molar-refractivity contribution in [1.29, 1.82) is 0 Å². The maximum atomic E-state index is 12.5. The van der Waals surface area contributed by atoms with Gasteiger partial charge in [-0.2, -0.15) is 0 Å². The fourth-order valence-corrected chi connectivity index (χ4v) is 2.52. The number of aliphatic carboxylic acids is 1. The largest absolute Gasteiger partial charge is 0.494 e. The lowest BCUT2D eigenvalue weighted by atomic mass is 10.1. The quantitative estimate of drug-likeness (QED) is 0.573. The zero-order chi connectivity index (χ0) is 17.6. The Morgan fingerprint density at radius 2 is 1.88 bits per heavy atom. The van der Waals surface area contributed by atoms with Crippen molar-refractivity contribution in [3.05, 3.63) is 60.3 Å². The minimum absolute atomic E-state index is 0.0818. The Morgan fingerprint density at radius 3 is 2.64 bits per heavy atom. The van der Waals surface area contributed by atoms with Crippen LogP contribution in [0.3, 0.4) is 0 Å². The van der Waals surface area contributed by atoms with Gasteiger partial charge in [0.1, 0.15) is 5.75 Å². The number of carboxylic acids is 1. The number of H-pyrrole nitrogens is 1. The summed E-state index contributed by atoms with van der Waals surface area (Å²) in [7, 11) is 0. The van der Waals surface area contributed by atoms with Crippen LogP contribution in [0.2, 0.25) is 0 Å². The third kappa shape index (κ3) is 4.17. The predicted octanol–water partition coefficient (Wildman–Crippen LogP) is 3.66. The lowest BCUT2D eigenvalue weighted by Gasteiger charge is -2.08. The van der Waals surface area contributed by atoms with E-state index in [1.165, 1.54) is 0 Å². The molecule has 128 valence electrons. The van der Waals surface area contributed by atoms with E-state index < -0.39 is 5.97 Å². The van der Waals surface area contributed by atoms with Crippen molar-refractivity contribution in [2.45, 2.75) is 12.8 Å². The Balaban J connectivity index is 1.60. The third-order valence-corrected chi connectivity index (χ3v) is 3.75. The number of hydrogen-bond donors (Lipinski definition) is 3. The topological polar surface area (TPSA) is 91.4 Å². The van der Waals surface area contributed by atoms with E-state index in [2.05, 4.69) is 10.3 Å². The zero-order valence-electron chi connectivity index (χ0n) is 13.5. The molecule has 0 saturated heterocycles. The number of anilines is 1. The Hall–Kier alpha value is -3.28. The molecule has 1 amide bonds. The molecule has 0 saturated carbocycles. The van der Waals surface area contributed by atoms with Gasteiger partial charge in [0, 0.05) is 23.7 Å². The van der Waals surface area contributed by atoms with Gasteiger partial charge in [0.2, 0.25) is 0 Å². The molecule has 2 aromatic carbocycles. The van der Waals surface area contributed by atoms with Crippen molar-refractivity contribution in [2.24, 2.45) is 0 Å². The number of carbonyl (C=O) groups is 2. The summed E-state index contributed by atoms with van der Waals surface area (Å²) in [4.78, 5) is 26.0. The number of hydrogen-bond acceptors (Lipinski definition) is 3. The Labute approximate surface area is 144 Å². The van der Waals surface area contributed by atoms with Crippen molar-refractivity contribution in [1.82, 2.24) is 4.98 Å². The van der Waals surface area contributed by atoms with Crippen LogP contribution in [0.15, 0.2) is 54.7 Å². The van der Waals surface area contributed by atoms with Gasteiger partial charge in [-0.05, 0) is 42.8 Å². The second-order valence-corrected chi connectivity index (χ2v) is 5.57. The first kappa shape index (κ1) is 16.6. The molecule has 0 aliphatic heterocycles. The summed E-state index contributed by atoms with van der Waals surface area (Å²) >= 11 is 0. The van der Waals surface area contributed by atoms with Crippen molar-refractivity contribution in [3.63, 3.8) is 0 Å². The fourth-order valence-electron chi connectivity index (χ4n) is 2.52. The van der Waals surface area contributed by atoms with E-state index in [0.717, 1.165) is 10.9 Å². The predicted molar refractivity (Wildman–Crippen MR) is 95.1 cm³/mol. The molecule has 0 unspecified atom stereocenters. The molecule has 0 aliphatic rings. The highest BCUT2D eigenvalue weighted by atomic mass is 16.5. The van der Waals surface area contributed by atoms with Crippen LogP contribution in [0, 0.1) is 0 Å². The molecule has 0 radical (unpaired) electrons. The number of amides is 1. The Morgan fingerprint density at radius 1 is 1.08 bits per heavy atom. The highest BCUT2D eigenvalue weighted by molar-refractivity contribution is 6.11. The average Bonchev–Trinajstić information content (AvgIpc) is 3.08. The van der Waals surface area contributed by atoms with Crippen LogP contribution in [0.1, 0.15) is 23.2 Å². The molecule has 1 aromatic heterocycles. The number of carbonyl (C=O) groups excluding carboxylic acids is 1. The molecule has 1 heterocycles. The number of aromatic amines is 1. The third-order valence-electron chi connectivity index (χ3n) is 3.75. The summed E-state index contributed by atoms with van der Waals surface area (Å²) in [5.41, 5.74) is 2.04. The molecular weight excluding hydrogens is 320 g/mol. The first-order chi connectivity index (χ1) is 12.1. The lowest BCUT2D eigenvalue weighted by Crippen LogP contribution is -2.12. The minimum Gasteiger partial charge on any atom is -0.494 e. The number of nitrogens with one attached hydrogen (secondary N) is 2. The van der Waals surface area contributed by atoms with Gasteiger partial charge in [-0.3, -0.25) is 9.59 Å². The second kappa shape index (κ2) is 7.53. The highest BCUT2D eigenvalue weighted by Gasteiger charge is 2.11. The number of ether oxygens (including phenoxy) is 1. The summed E-state index contributed by atoms with van der Waals surface area (Å²) in [5, 5.41) is 12.4. The van der Waals surface area contributed by atoms with Crippen LogP contribution in [0.25, 0.3) is 10.9 Å². The van der Waals surface area contributed by atoms with Crippen molar-refractivity contribution in [3.8, 4) is 5.75 Å². The normalized spacial score (nSPS) is 10.6. The van der Waals surface area contributed by atoms with Gasteiger partial charge in [-0.25, -0.2) is 0 Å². The number of carboxylic acid groups (broad SMARTS) is 1. The van der Waals surface area contributed by atoms with Gasteiger partial charge >= 0.3 is 5.97 Å². The minimum atomic E-state index is -0.834. The van der Waals surface area contributed by atoms with Gasteiger partial charge in [0.25, 0.3) is 5.91 Å². The second-order valence-electron chi connectivity index (χ2n) is 5.57. The van der Waals surface area contributed by atoms with Gasteiger partial charge in [-0.1, -0.05) is 12.1 Å². The zero-order valence-corrected chi connectivity index (χ0v) is 13.5. The monoisotopic (exact) mass is 338 g/mol. The Kier molecular flexibility index (Phi) is 4.99. The highest BCUT2D eigenvalue weighted by Crippen LogP contribution is 2.20. The van der Waals surface area contributed by atoms with E-state index in [-0.39, 0.29) is 12.3 Å². The van der Waals surface area contributed by atoms with Crippen molar-refractivity contribution < 1.29 is 19.4 Å². The van der Waals surface area contributed by atoms with E-state index in [1.807, 2.05) is 18.2 Å². The maximum Gasteiger partial charge on any atom is 0.303 e. The molecule has 6 nitrogen and oxygen atoms in total. The van der Waals surface area contributed by atoms with Crippen molar-refractivity contribution >= 4 is 28.5 Å². The molecule has 0 atom stereocenters. The van der Waals surface area contributed by atoms with E-state index in [9.17, 15) is 9.59 Å². The summed E-state index contributed by atoms with van der Waals surface area (Å²) in [6.07, 6.45) is 2.34. The van der Waals surface area contributed by atoms with E-state index in [0.29, 0.717) is 30.0 Å². The number of fused-ring (bicyclic) bond motifs is 1. The molecule has 3 rings (SSSR count). The smallest absolute Gasteiger partial charge is 0.303 e. The average molecular weight is 338 g/mol. The van der Waals surface area contributed by atoms with E-state index in [1.54, 1.807) is 36.5 Å². The first-order valence-corrected chi connectivity index (χ1v) is 7.95. The van der Waals surface area contributed by atoms with Gasteiger partial charge < -0.3 is 20.1 Å². The van der Waals surface area contributed by atoms with Crippen LogP contribution in [-0.4, -0.2) is 28.6 Å². The fraction of sp³-hybridized carbons (Fsp3) is 0.158. The Bertz CT molecular complexity index is 884.